The van der Waals surface area contributed by atoms with Crippen molar-refractivity contribution in [3.8, 4) is 33.4 Å². The van der Waals surface area contributed by atoms with E-state index in [-0.39, 0.29) is 0 Å². The van der Waals surface area contributed by atoms with Gasteiger partial charge in [0, 0.05) is 16.8 Å². The van der Waals surface area contributed by atoms with E-state index in [1.807, 2.05) is 0 Å². The van der Waals surface area contributed by atoms with Crippen molar-refractivity contribution in [2.45, 2.75) is 0 Å². The Morgan fingerprint density at radius 3 is 1.51 bits per heavy atom. The average Bonchev–Trinajstić information content (AvgIpc) is 3.24. The van der Waals surface area contributed by atoms with Crippen molar-refractivity contribution in [2.24, 2.45) is 0 Å². The van der Waals surface area contributed by atoms with Gasteiger partial charge in [0.25, 0.3) is 0 Å². The SMILES string of the molecule is c1ccc(-c2ccc(N(c3cccc(-c4cccc(-c5cccc6c7ccccc7c7ccccc7c56)c4)c3)c3cccc4ccccc34)cc2)cc1. The van der Waals surface area contributed by atoms with E-state index in [2.05, 4.69) is 217 Å². The average molecular weight is 674 g/mol. The second-order valence-corrected chi connectivity index (χ2v) is 13.7. The van der Waals surface area contributed by atoms with E-state index in [9.17, 15) is 0 Å². The largest absolute Gasteiger partial charge is 0.310 e. The van der Waals surface area contributed by atoms with E-state index in [1.165, 1.54) is 76.5 Å². The molecular weight excluding hydrogens is 639 g/mol. The van der Waals surface area contributed by atoms with Crippen molar-refractivity contribution >= 4 is 60.2 Å². The van der Waals surface area contributed by atoms with Crippen LogP contribution in [-0.2, 0) is 0 Å². The van der Waals surface area contributed by atoms with E-state index >= 15 is 0 Å². The Labute approximate surface area is 309 Å². The summed E-state index contributed by atoms with van der Waals surface area (Å²) in [5, 5.41) is 10.2. The molecule has 0 amide bonds. The molecule has 1 nitrogen and oxygen atoms in total. The van der Waals surface area contributed by atoms with E-state index < -0.39 is 0 Å². The molecule has 10 aromatic carbocycles. The summed E-state index contributed by atoms with van der Waals surface area (Å²) >= 11 is 0. The lowest BCUT2D eigenvalue weighted by molar-refractivity contribution is 1.30. The molecule has 53 heavy (non-hydrogen) atoms. The number of hydrogen-bond donors (Lipinski definition) is 0. The van der Waals surface area contributed by atoms with Crippen LogP contribution in [0.25, 0.3) is 76.5 Å². The fourth-order valence-corrected chi connectivity index (χ4v) is 8.15. The van der Waals surface area contributed by atoms with E-state index in [0.29, 0.717) is 0 Å². The van der Waals surface area contributed by atoms with Crippen LogP contribution in [0.1, 0.15) is 0 Å². The van der Waals surface area contributed by atoms with Gasteiger partial charge in [-0.2, -0.15) is 0 Å². The molecule has 1 heteroatoms. The van der Waals surface area contributed by atoms with Crippen molar-refractivity contribution < 1.29 is 0 Å². The highest BCUT2D eigenvalue weighted by Crippen LogP contribution is 2.43. The molecule has 0 bridgehead atoms. The molecule has 0 aliphatic rings. The fraction of sp³-hybridized carbons (Fsp3) is 0. The second kappa shape index (κ2) is 13.0. The van der Waals surface area contributed by atoms with Crippen molar-refractivity contribution in [1.82, 2.24) is 0 Å². The third kappa shape index (κ3) is 5.42. The van der Waals surface area contributed by atoms with Crippen LogP contribution in [0.4, 0.5) is 17.1 Å². The smallest absolute Gasteiger partial charge is 0.0540 e. The summed E-state index contributed by atoms with van der Waals surface area (Å²) in [6.45, 7) is 0. The Hall–Kier alpha value is -6.96. The number of rotatable bonds is 6. The zero-order valence-electron chi connectivity index (χ0n) is 29.2. The monoisotopic (exact) mass is 673 g/mol. The molecule has 0 saturated carbocycles. The third-order valence-corrected chi connectivity index (χ3v) is 10.6. The summed E-state index contributed by atoms with van der Waals surface area (Å²) < 4.78 is 0. The molecule has 0 aromatic heterocycles. The van der Waals surface area contributed by atoms with Crippen LogP contribution in [0.5, 0.6) is 0 Å². The van der Waals surface area contributed by atoms with Gasteiger partial charge in [0.05, 0.1) is 5.69 Å². The number of nitrogens with zero attached hydrogens (tertiary/aromatic N) is 1. The fourth-order valence-electron chi connectivity index (χ4n) is 8.15. The van der Waals surface area contributed by atoms with Crippen molar-refractivity contribution in [3.63, 3.8) is 0 Å². The summed E-state index contributed by atoms with van der Waals surface area (Å²) in [6, 6.07) is 77.2. The molecule has 0 heterocycles. The molecule has 0 aliphatic carbocycles. The summed E-state index contributed by atoms with van der Waals surface area (Å²) in [7, 11) is 0. The highest BCUT2D eigenvalue weighted by Gasteiger charge is 2.17. The van der Waals surface area contributed by atoms with Crippen LogP contribution in [0, 0.1) is 0 Å². The quantitative estimate of drug-likeness (QED) is 0.159. The Balaban J connectivity index is 1.12. The first-order valence-electron chi connectivity index (χ1n) is 18.3. The molecule has 0 spiro atoms. The number of fused-ring (bicyclic) bond motifs is 7. The van der Waals surface area contributed by atoms with Gasteiger partial charge in [-0.05, 0) is 107 Å². The maximum atomic E-state index is 2.40. The van der Waals surface area contributed by atoms with Crippen LogP contribution in [0.2, 0.25) is 0 Å². The minimum absolute atomic E-state index is 1.11. The molecule has 0 radical (unpaired) electrons. The molecule has 248 valence electrons. The summed E-state index contributed by atoms with van der Waals surface area (Å²) in [4.78, 5) is 2.40. The lowest BCUT2D eigenvalue weighted by Crippen LogP contribution is -2.10. The zero-order valence-corrected chi connectivity index (χ0v) is 29.2. The summed E-state index contributed by atoms with van der Waals surface area (Å²) in [5.41, 5.74) is 10.6. The van der Waals surface area contributed by atoms with Gasteiger partial charge in [-0.3, -0.25) is 0 Å². The van der Waals surface area contributed by atoms with Crippen LogP contribution in [-0.4, -0.2) is 0 Å². The molecule has 0 aliphatic heterocycles. The van der Waals surface area contributed by atoms with Crippen LogP contribution < -0.4 is 4.90 Å². The van der Waals surface area contributed by atoms with Gasteiger partial charge in [0.15, 0.2) is 0 Å². The van der Waals surface area contributed by atoms with Crippen molar-refractivity contribution in [2.75, 3.05) is 4.90 Å². The van der Waals surface area contributed by atoms with Gasteiger partial charge in [0.2, 0.25) is 0 Å². The maximum Gasteiger partial charge on any atom is 0.0540 e. The van der Waals surface area contributed by atoms with Crippen molar-refractivity contribution in [1.29, 1.82) is 0 Å². The standard InChI is InChI=1S/C52H35N/c1-2-14-36(15-3-1)37-30-32-42(33-31-37)53(51-29-12-17-38-16-4-5-22-44(38)51)43-21-11-19-40(35-43)39-18-10-20-41(34-39)45-27-13-28-50-48-24-7-6-23-46(48)47-25-8-9-26-49(47)52(45)50/h1-35H. The first-order chi connectivity index (χ1) is 26.3. The molecule has 10 aromatic rings. The predicted molar refractivity (Wildman–Crippen MR) is 227 cm³/mol. The number of hydrogen-bond acceptors (Lipinski definition) is 1. The zero-order chi connectivity index (χ0) is 35.1. The highest BCUT2D eigenvalue weighted by atomic mass is 15.1. The number of anilines is 3. The minimum Gasteiger partial charge on any atom is -0.310 e. The Morgan fingerprint density at radius 2 is 0.755 bits per heavy atom. The Kier molecular flexibility index (Phi) is 7.55. The summed E-state index contributed by atoms with van der Waals surface area (Å²) in [5.74, 6) is 0. The van der Waals surface area contributed by atoms with Gasteiger partial charge in [-0.15, -0.1) is 0 Å². The Morgan fingerprint density at radius 1 is 0.264 bits per heavy atom. The van der Waals surface area contributed by atoms with Gasteiger partial charge in [0.1, 0.15) is 0 Å². The minimum atomic E-state index is 1.11. The summed E-state index contributed by atoms with van der Waals surface area (Å²) in [6.07, 6.45) is 0. The normalized spacial score (nSPS) is 11.4. The van der Waals surface area contributed by atoms with Crippen LogP contribution in [0.3, 0.4) is 0 Å². The lowest BCUT2D eigenvalue weighted by atomic mass is 9.89. The second-order valence-electron chi connectivity index (χ2n) is 13.7. The topological polar surface area (TPSA) is 3.24 Å². The lowest BCUT2D eigenvalue weighted by Gasteiger charge is -2.27. The molecule has 0 N–H and O–H groups in total. The molecule has 0 fully saturated rings. The predicted octanol–water partition coefficient (Wildman–Crippen LogP) is 14.8. The Bertz CT molecular complexity index is 2890. The van der Waals surface area contributed by atoms with Crippen molar-refractivity contribution in [3.05, 3.63) is 212 Å². The van der Waals surface area contributed by atoms with E-state index in [1.54, 1.807) is 0 Å². The van der Waals surface area contributed by atoms with Gasteiger partial charge < -0.3 is 4.90 Å². The van der Waals surface area contributed by atoms with E-state index in [0.717, 1.165) is 17.1 Å². The first kappa shape index (κ1) is 30.8. The molecular formula is C52H35N. The molecule has 0 unspecified atom stereocenters. The number of benzene rings is 10. The van der Waals surface area contributed by atoms with E-state index in [4.69, 9.17) is 0 Å². The highest BCUT2D eigenvalue weighted by molar-refractivity contribution is 6.28. The van der Waals surface area contributed by atoms with Gasteiger partial charge >= 0.3 is 0 Å². The molecule has 0 atom stereocenters. The third-order valence-electron chi connectivity index (χ3n) is 10.6. The maximum absolute atomic E-state index is 2.40. The molecule has 0 saturated heterocycles. The van der Waals surface area contributed by atoms with Gasteiger partial charge in [-0.25, -0.2) is 0 Å². The van der Waals surface area contributed by atoms with Crippen LogP contribution in [0.15, 0.2) is 212 Å². The van der Waals surface area contributed by atoms with Crippen LogP contribution >= 0.6 is 0 Å². The first-order valence-corrected chi connectivity index (χ1v) is 18.3. The molecule has 10 rings (SSSR count). The van der Waals surface area contributed by atoms with Gasteiger partial charge in [-0.1, -0.05) is 176 Å².